The first-order valence-electron chi connectivity index (χ1n) is 7.76. The van der Waals surface area contributed by atoms with Crippen molar-refractivity contribution in [1.29, 1.82) is 0 Å². The molecule has 1 fully saturated rings. The van der Waals surface area contributed by atoms with Crippen LogP contribution in [0.4, 0.5) is 0 Å². The van der Waals surface area contributed by atoms with Crippen LogP contribution in [0.1, 0.15) is 52.4 Å². The topological polar surface area (TPSA) is 24.4 Å². The second-order valence-electron chi connectivity index (χ2n) is 6.00. The van der Waals surface area contributed by atoms with Gasteiger partial charge in [0, 0.05) is 18.3 Å². The minimum absolute atomic E-state index is 0.551. The predicted molar refractivity (Wildman–Crippen MR) is 90.5 cm³/mol. The molecule has 2 nitrogen and oxygen atoms in total. The molecule has 0 bridgehead atoms. The Labute approximate surface area is 127 Å². The van der Waals surface area contributed by atoms with Crippen LogP contribution in [0.2, 0.25) is 0 Å². The molecule has 1 aliphatic heterocycles. The molecule has 110 valence electrons. The van der Waals surface area contributed by atoms with Crippen LogP contribution >= 0.6 is 23.5 Å². The van der Waals surface area contributed by atoms with E-state index >= 15 is 0 Å². The lowest BCUT2D eigenvalue weighted by atomic mass is 9.75. The number of thioether (sulfide) groups is 2. The van der Waals surface area contributed by atoms with Crippen LogP contribution in [0.3, 0.4) is 0 Å². The maximum absolute atomic E-state index is 4.84. The summed E-state index contributed by atoms with van der Waals surface area (Å²) in [5, 5.41) is 4.80. The lowest BCUT2D eigenvalue weighted by molar-refractivity contribution is 0.232. The third kappa shape index (κ3) is 4.89. The Morgan fingerprint density at radius 1 is 1.37 bits per heavy atom. The Hall–Kier alpha value is 0.170. The third-order valence-electron chi connectivity index (χ3n) is 4.26. The fourth-order valence-electron chi connectivity index (χ4n) is 2.93. The maximum Gasteiger partial charge on any atom is 0.156 e. The fraction of sp³-hybridized carbons (Fsp3) is 0.933. The van der Waals surface area contributed by atoms with E-state index in [0.717, 1.165) is 6.54 Å². The van der Waals surface area contributed by atoms with E-state index in [1.54, 1.807) is 0 Å². The van der Waals surface area contributed by atoms with E-state index in [2.05, 4.69) is 19.2 Å². The van der Waals surface area contributed by atoms with Gasteiger partial charge in [0.05, 0.1) is 0 Å². The summed E-state index contributed by atoms with van der Waals surface area (Å²) in [5.74, 6) is 3.77. The molecule has 0 radical (unpaired) electrons. The van der Waals surface area contributed by atoms with Gasteiger partial charge in [-0.05, 0) is 43.1 Å². The van der Waals surface area contributed by atoms with E-state index in [4.69, 9.17) is 4.99 Å². The van der Waals surface area contributed by atoms with Gasteiger partial charge in [-0.25, -0.2) is 0 Å². The summed E-state index contributed by atoms with van der Waals surface area (Å²) in [4.78, 5) is 4.84. The van der Waals surface area contributed by atoms with Crippen LogP contribution in [0, 0.1) is 5.41 Å². The summed E-state index contributed by atoms with van der Waals surface area (Å²) >= 11 is 4.00. The van der Waals surface area contributed by atoms with Gasteiger partial charge >= 0.3 is 0 Å². The SMILES string of the molecule is CCSCCC(C)NC1=NCC2(CCCCC2)CS1. The van der Waals surface area contributed by atoms with Crippen molar-refractivity contribution >= 4 is 28.7 Å². The molecule has 1 unspecified atom stereocenters. The Bertz CT molecular complexity index is 299. The first kappa shape index (κ1) is 15.6. The van der Waals surface area contributed by atoms with Gasteiger partial charge in [0.1, 0.15) is 0 Å². The van der Waals surface area contributed by atoms with Crippen molar-refractivity contribution < 1.29 is 0 Å². The molecule has 0 aromatic carbocycles. The number of nitrogens with one attached hydrogen (secondary N) is 1. The quantitative estimate of drug-likeness (QED) is 0.772. The van der Waals surface area contributed by atoms with Crippen LogP contribution in [0.25, 0.3) is 0 Å². The molecule has 0 saturated heterocycles. The zero-order valence-corrected chi connectivity index (χ0v) is 14.0. The number of rotatable bonds is 5. The van der Waals surface area contributed by atoms with E-state index < -0.39 is 0 Å². The summed E-state index contributed by atoms with van der Waals surface area (Å²) in [6, 6.07) is 0.561. The highest BCUT2D eigenvalue weighted by Crippen LogP contribution is 2.41. The van der Waals surface area contributed by atoms with Gasteiger partial charge in [-0.15, -0.1) is 0 Å². The van der Waals surface area contributed by atoms with Crippen LogP contribution in [-0.4, -0.2) is 35.0 Å². The molecular weight excluding hydrogens is 272 g/mol. The van der Waals surface area contributed by atoms with E-state index in [1.807, 2.05) is 23.5 Å². The van der Waals surface area contributed by atoms with E-state index in [0.29, 0.717) is 11.5 Å². The Kier molecular flexibility index (Phi) is 6.40. The smallest absolute Gasteiger partial charge is 0.156 e. The Morgan fingerprint density at radius 2 is 2.16 bits per heavy atom. The molecule has 19 heavy (non-hydrogen) atoms. The van der Waals surface area contributed by atoms with Gasteiger partial charge in [0.15, 0.2) is 5.17 Å². The maximum atomic E-state index is 4.84. The van der Waals surface area contributed by atoms with Crippen molar-refractivity contribution in [3.05, 3.63) is 0 Å². The van der Waals surface area contributed by atoms with E-state index in [9.17, 15) is 0 Å². The first-order chi connectivity index (χ1) is 9.24. The molecule has 1 heterocycles. The lowest BCUT2D eigenvalue weighted by Gasteiger charge is -2.38. The molecule has 1 aliphatic carbocycles. The molecule has 1 N–H and O–H groups in total. The average Bonchev–Trinajstić information content (AvgIpc) is 2.43. The summed E-state index contributed by atoms with van der Waals surface area (Å²) < 4.78 is 0. The first-order valence-corrected chi connectivity index (χ1v) is 9.90. The molecular formula is C15H28N2S2. The van der Waals surface area contributed by atoms with Crippen molar-refractivity contribution in [2.24, 2.45) is 10.4 Å². The van der Waals surface area contributed by atoms with Gasteiger partial charge in [0.2, 0.25) is 0 Å². The highest BCUT2D eigenvalue weighted by molar-refractivity contribution is 8.13. The predicted octanol–water partition coefficient (Wildman–Crippen LogP) is 4.16. The van der Waals surface area contributed by atoms with Gasteiger partial charge in [-0.1, -0.05) is 37.9 Å². The van der Waals surface area contributed by atoms with Gasteiger partial charge < -0.3 is 5.32 Å². The highest BCUT2D eigenvalue weighted by Gasteiger charge is 2.34. The fourth-order valence-corrected chi connectivity index (χ4v) is 5.00. The van der Waals surface area contributed by atoms with Crippen LogP contribution in [0.5, 0.6) is 0 Å². The zero-order chi connectivity index (χ0) is 13.6. The molecule has 1 spiro atoms. The third-order valence-corrected chi connectivity index (χ3v) is 6.47. The molecule has 2 rings (SSSR count). The molecule has 0 aromatic rings. The molecule has 0 aromatic heterocycles. The molecule has 4 heteroatoms. The number of aliphatic imine (C=N–C) groups is 1. The Morgan fingerprint density at radius 3 is 2.79 bits per heavy atom. The second-order valence-corrected chi connectivity index (χ2v) is 8.36. The van der Waals surface area contributed by atoms with Crippen molar-refractivity contribution in [1.82, 2.24) is 5.32 Å². The summed E-state index contributed by atoms with van der Waals surface area (Å²) in [6.45, 7) is 5.58. The van der Waals surface area contributed by atoms with Crippen molar-refractivity contribution in [3.63, 3.8) is 0 Å². The van der Waals surface area contributed by atoms with Crippen molar-refractivity contribution in [2.45, 2.75) is 58.4 Å². The minimum Gasteiger partial charge on any atom is -0.362 e. The summed E-state index contributed by atoms with van der Waals surface area (Å²) in [5.41, 5.74) is 0.551. The normalized spacial score (nSPS) is 24.0. The minimum atomic E-state index is 0.551. The molecule has 0 amide bonds. The monoisotopic (exact) mass is 300 g/mol. The van der Waals surface area contributed by atoms with Crippen LogP contribution in [0.15, 0.2) is 4.99 Å². The Balaban J connectivity index is 1.74. The number of amidine groups is 1. The van der Waals surface area contributed by atoms with E-state index in [-0.39, 0.29) is 0 Å². The lowest BCUT2D eigenvalue weighted by Crippen LogP contribution is -2.39. The highest BCUT2D eigenvalue weighted by atomic mass is 32.2. The second kappa shape index (κ2) is 7.82. The number of nitrogens with zero attached hydrogens (tertiary/aromatic N) is 1. The standard InChI is InChI=1S/C15H28N2S2/c1-3-18-10-7-13(2)17-14-16-11-15(12-19-14)8-5-4-6-9-15/h13H,3-12H2,1-2H3,(H,16,17). The number of hydrogen-bond donors (Lipinski definition) is 1. The van der Waals surface area contributed by atoms with Crippen LogP contribution < -0.4 is 5.32 Å². The van der Waals surface area contributed by atoms with Gasteiger partial charge in [0.25, 0.3) is 0 Å². The van der Waals surface area contributed by atoms with Gasteiger partial charge in [-0.2, -0.15) is 11.8 Å². The average molecular weight is 301 g/mol. The molecule has 1 atom stereocenters. The molecule has 2 aliphatic rings. The summed E-state index contributed by atoms with van der Waals surface area (Å²) in [6.07, 6.45) is 8.32. The van der Waals surface area contributed by atoms with Crippen molar-refractivity contribution in [3.8, 4) is 0 Å². The molecule has 1 saturated carbocycles. The summed E-state index contributed by atoms with van der Waals surface area (Å²) in [7, 11) is 0. The van der Waals surface area contributed by atoms with E-state index in [1.165, 1.54) is 61.0 Å². The largest absolute Gasteiger partial charge is 0.362 e. The number of hydrogen-bond acceptors (Lipinski definition) is 4. The van der Waals surface area contributed by atoms with Crippen LogP contribution in [-0.2, 0) is 0 Å². The zero-order valence-electron chi connectivity index (χ0n) is 12.4. The van der Waals surface area contributed by atoms with Gasteiger partial charge in [-0.3, -0.25) is 4.99 Å². The van der Waals surface area contributed by atoms with Crippen molar-refractivity contribution in [2.75, 3.05) is 23.8 Å².